The van der Waals surface area contributed by atoms with Crippen molar-refractivity contribution in [3.05, 3.63) is 66.4 Å². The summed E-state index contributed by atoms with van der Waals surface area (Å²) in [6.07, 6.45) is 1.84. The van der Waals surface area contributed by atoms with Gasteiger partial charge in [0.25, 0.3) is 0 Å². The van der Waals surface area contributed by atoms with Crippen LogP contribution in [0.3, 0.4) is 0 Å². The molecule has 0 aliphatic rings. The first-order chi connectivity index (χ1) is 11.2. The summed E-state index contributed by atoms with van der Waals surface area (Å²) in [5.41, 5.74) is 5.48. The van der Waals surface area contributed by atoms with Crippen LogP contribution in [0.2, 0.25) is 0 Å². The minimum atomic E-state index is 0.702. The number of benzene rings is 2. The molecule has 0 amide bonds. The number of hydrogen-bond acceptors (Lipinski definition) is 3. The third-order valence-corrected chi connectivity index (χ3v) is 3.79. The lowest BCUT2D eigenvalue weighted by atomic mass is 10.0. The van der Waals surface area contributed by atoms with Crippen LogP contribution in [-0.2, 0) is 0 Å². The SMILES string of the molecule is COc1ccc(-c2cc(-c3cccc(C)c3)ccn2)cc1OC. The standard InChI is InChI=1S/C20H19NO2/c1-14-5-4-6-15(11-14)16-9-10-21-18(12-16)17-7-8-19(22-2)20(13-17)23-3/h4-13H,1-3H3. The first-order valence-electron chi connectivity index (χ1n) is 7.47. The van der Waals surface area contributed by atoms with E-state index in [0.717, 1.165) is 16.8 Å². The van der Waals surface area contributed by atoms with E-state index in [-0.39, 0.29) is 0 Å². The molecule has 116 valence electrons. The van der Waals surface area contributed by atoms with Crippen LogP contribution in [0.5, 0.6) is 11.5 Å². The Kier molecular flexibility index (Phi) is 4.29. The third-order valence-electron chi connectivity index (χ3n) is 3.79. The topological polar surface area (TPSA) is 31.4 Å². The summed E-state index contributed by atoms with van der Waals surface area (Å²) < 4.78 is 10.7. The average Bonchev–Trinajstić information content (AvgIpc) is 2.61. The second-order valence-corrected chi connectivity index (χ2v) is 5.37. The smallest absolute Gasteiger partial charge is 0.161 e. The van der Waals surface area contributed by atoms with Gasteiger partial charge in [0.2, 0.25) is 0 Å². The van der Waals surface area contributed by atoms with Crippen LogP contribution in [0.4, 0.5) is 0 Å². The molecule has 0 unspecified atom stereocenters. The van der Waals surface area contributed by atoms with Gasteiger partial charge in [0.05, 0.1) is 19.9 Å². The molecule has 0 spiro atoms. The van der Waals surface area contributed by atoms with Gasteiger partial charge in [0.15, 0.2) is 11.5 Å². The zero-order valence-corrected chi connectivity index (χ0v) is 13.5. The van der Waals surface area contributed by atoms with Crippen molar-refractivity contribution in [1.82, 2.24) is 4.98 Å². The van der Waals surface area contributed by atoms with Gasteiger partial charge in [-0.15, -0.1) is 0 Å². The molecule has 3 heteroatoms. The first-order valence-corrected chi connectivity index (χ1v) is 7.47. The molecule has 1 heterocycles. The summed E-state index contributed by atoms with van der Waals surface area (Å²) >= 11 is 0. The van der Waals surface area contributed by atoms with Crippen LogP contribution in [0, 0.1) is 6.92 Å². The Labute approximate surface area is 136 Å². The molecule has 3 rings (SSSR count). The Balaban J connectivity index is 2.03. The number of ether oxygens (including phenoxy) is 2. The maximum atomic E-state index is 5.38. The predicted octanol–water partition coefficient (Wildman–Crippen LogP) is 4.74. The Morgan fingerprint density at radius 3 is 2.26 bits per heavy atom. The highest BCUT2D eigenvalue weighted by Crippen LogP contribution is 2.32. The molecule has 0 fully saturated rings. The zero-order chi connectivity index (χ0) is 16.2. The molecule has 3 nitrogen and oxygen atoms in total. The number of nitrogens with zero attached hydrogens (tertiary/aromatic N) is 1. The summed E-state index contributed by atoms with van der Waals surface area (Å²) in [5.74, 6) is 1.42. The molecular weight excluding hydrogens is 286 g/mol. The molecule has 2 aromatic carbocycles. The summed E-state index contributed by atoms with van der Waals surface area (Å²) in [5, 5.41) is 0. The molecule has 0 aliphatic carbocycles. The van der Waals surface area contributed by atoms with Crippen molar-refractivity contribution in [2.45, 2.75) is 6.92 Å². The van der Waals surface area contributed by atoms with Gasteiger partial charge in [0.1, 0.15) is 0 Å². The molecule has 0 N–H and O–H groups in total. The van der Waals surface area contributed by atoms with Crippen LogP contribution in [0.15, 0.2) is 60.8 Å². The van der Waals surface area contributed by atoms with E-state index >= 15 is 0 Å². The van der Waals surface area contributed by atoms with Crippen molar-refractivity contribution >= 4 is 0 Å². The molecule has 23 heavy (non-hydrogen) atoms. The van der Waals surface area contributed by atoms with Crippen LogP contribution in [0.1, 0.15) is 5.56 Å². The number of methoxy groups -OCH3 is 2. The lowest BCUT2D eigenvalue weighted by molar-refractivity contribution is 0.355. The first kappa shape index (κ1) is 15.1. The summed E-state index contributed by atoms with van der Waals surface area (Å²) in [7, 11) is 3.27. The Morgan fingerprint density at radius 2 is 1.52 bits per heavy atom. The van der Waals surface area contributed by atoms with Crippen LogP contribution in [0.25, 0.3) is 22.4 Å². The fraction of sp³-hybridized carbons (Fsp3) is 0.150. The molecule has 0 aliphatic heterocycles. The summed E-state index contributed by atoms with van der Waals surface area (Å²) in [6, 6.07) is 18.4. The molecule has 0 atom stereocenters. The maximum Gasteiger partial charge on any atom is 0.161 e. The fourth-order valence-corrected chi connectivity index (χ4v) is 2.59. The van der Waals surface area contributed by atoms with E-state index in [9.17, 15) is 0 Å². The largest absolute Gasteiger partial charge is 0.493 e. The van der Waals surface area contributed by atoms with Crippen molar-refractivity contribution in [3.63, 3.8) is 0 Å². The molecule has 0 radical (unpaired) electrons. The molecule has 1 aromatic heterocycles. The van der Waals surface area contributed by atoms with Gasteiger partial charge in [-0.3, -0.25) is 4.98 Å². The fourth-order valence-electron chi connectivity index (χ4n) is 2.59. The van der Waals surface area contributed by atoms with Gasteiger partial charge in [0, 0.05) is 11.8 Å². The van der Waals surface area contributed by atoms with E-state index < -0.39 is 0 Å². The zero-order valence-electron chi connectivity index (χ0n) is 13.5. The maximum absolute atomic E-state index is 5.38. The van der Waals surface area contributed by atoms with Gasteiger partial charge < -0.3 is 9.47 Å². The van der Waals surface area contributed by atoms with E-state index in [1.54, 1.807) is 14.2 Å². The van der Waals surface area contributed by atoms with E-state index in [2.05, 4.69) is 42.2 Å². The number of aryl methyl sites for hydroxylation is 1. The third kappa shape index (κ3) is 3.19. The van der Waals surface area contributed by atoms with Crippen molar-refractivity contribution < 1.29 is 9.47 Å². The second-order valence-electron chi connectivity index (χ2n) is 5.37. The summed E-state index contributed by atoms with van der Waals surface area (Å²) in [4.78, 5) is 4.49. The number of rotatable bonds is 4. The van der Waals surface area contributed by atoms with Crippen molar-refractivity contribution in [1.29, 1.82) is 0 Å². The van der Waals surface area contributed by atoms with E-state index in [1.807, 2.05) is 30.5 Å². The molecule has 3 aromatic rings. The summed E-state index contributed by atoms with van der Waals surface area (Å²) in [6.45, 7) is 2.10. The van der Waals surface area contributed by atoms with E-state index in [4.69, 9.17) is 9.47 Å². The van der Waals surface area contributed by atoms with Gasteiger partial charge >= 0.3 is 0 Å². The van der Waals surface area contributed by atoms with Gasteiger partial charge in [-0.05, 0) is 48.4 Å². The molecule has 0 bridgehead atoms. The van der Waals surface area contributed by atoms with Gasteiger partial charge in [-0.1, -0.05) is 29.8 Å². The normalized spacial score (nSPS) is 10.4. The van der Waals surface area contributed by atoms with E-state index in [0.29, 0.717) is 11.5 Å². The number of pyridine rings is 1. The average molecular weight is 305 g/mol. The van der Waals surface area contributed by atoms with Crippen LogP contribution < -0.4 is 9.47 Å². The minimum Gasteiger partial charge on any atom is -0.493 e. The highest BCUT2D eigenvalue weighted by molar-refractivity contribution is 5.72. The Bertz CT molecular complexity index is 827. The lowest BCUT2D eigenvalue weighted by Gasteiger charge is -2.10. The van der Waals surface area contributed by atoms with Crippen molar-refractivity contribution in [2.24, 2.45) is 0 Å². The molecule has 0 saturated heterocycles. The monoisotopic (exact) mass is 305 g/mol. The Hall–Kier alpha value is -2.81. The second kappa shape index (κ2) is 6.53. The lowest BCUT2D eigenvalue weighted by Crippen LogP contribution is -1.92. The Morgan fingerprint density at radius 1 is 0.739 bits per heavy atom. The minimum absolute atomic E-state index is 0.702. The van der Waals surface area contributed by atoms with Gasteiger partial charge in [-0.25, -0.2) is 0 Å². The highest BCUT2D eigenvalue weighted by atomic mass is 16.5. The highest BCUT2D eigenvalue weighted by Gasteiger charge is 2.08. The van der Waals surface area contributed by atoms with Crippen LogP contribution >= 0.6 is 0 Å². The van der Waals surface area contributed by atoms with Gasteiger partial charge in [-0.2, -0.15) is 0 Å². The number of hydrogen-bond donors (Lipinski definition) is 0. The molecular formula is C20H19NO2. The van der Waals surface area contributed by atoms with Crippen molar-refractivity contribution in [3.8, 4) is 33.9 Å². The van der Waals surface area contributed by atoms with Crippen LogP contribution in [-0.4, -0.2) is 19.2 Å². The van der Waals surface area contributed by atoms with E-state index in [1.165, 1.54) is 11.1 Å². The quantitative estimate of drug-likeness (QED) is 0.697. The number of aromatic nitrogens is 1. The van der Waals surface area contributed by atoms with Crippen molar-refractivity contribution in [2.75, 3.05) is 14.2 Å². The predicted molar refractivity (Wildman–Crippen MR) is 93.0 cm³/mol. The molecule has 0 saturated carbocycles.